The van der Waals surface area contributed by atoms with Crippen LogP contribution in [0.15, 0.2) is 52.9 Å². The fourth-order valence-corrected chi connectivity index (χ4v) is 5.43. The summed E-state index contributed by atoms with van der Waals surface area (Å²) in [5.74, 6) is 1.01. The maximum Gasteiger partial charge on any atom is 0.243 e. The molecule has 0 saturated carbocycles. The molecule has 3 N–H and O–H groups in total. The van der Waals surface area contributed by atoms with Crippen molar-refractivity contribution >= 4 is 17.7 Å². The molecule has 0 spiro atoms. The third-order valence-electron chi connectivity index (χ3n) is 7.79. The average Bonchev–Trinajstić information content (AvgIpc) is 3.41. The van der Waals surface area contributed by atoms with E-state index in [9.17, 15) is 14.4 Å². The number of nitrogens with one attached hydrogen (secondary N) is 3. The number of amides is 3. The van der Waals surface area contributed by atoms with E-state index >= 15 is 0 Å². The molecule has 5 rings (SSSR count). The summed E-state index contributed by atoms with van der Waals surface area (Å²) in [5.41, 5.74) is 2.18. The van der Waals surface area contributed by atoms with Crippen molar-refractivity contribution in [1.29, 1.82) is 0 Å². The number of benzene rings is 2. The number of piperidine rings is 1. The van der Waals surface area contributed by atoms with Gasteiger partial charge in [-0.1, -0.05) is 30.3 Å². The van der Waals surface area contributed by atoms with E-state index in [0.29, 0.717) is 66.9 Å². The highest BCUT2D eigenvalue weighted by molar-refractivity contribution is 5.90. The molecule has 43 heavy (non-hydrogen) atoms. The molecule has 0 aliphatic carbocycles. The Morgan fingerprint density at radius 1 is 1.14 bits per heavy atom. The molecule has 2 aliphatic heterocycles. The first-order valence-corrected chi connectivity index (χ1v) is 14.8. The molecule has 2 atom stereocenters. The second kappa shape index (κ2) is 14.2. The first kappa shape index (κ1) is 30.1. The number of hydrogen-bond donors (Lipinski definition) is 3. The Labute approximate surface area is 251 Å². The van der Waals surface area contributed by atoms with Crippen molar-refractivity contribution in [2.75, 3.05) is 39.9 Å². The van der Waals surface area contributed by atoms with Gasteiger partial charge in [0.05, 0.1) is 32.7 Å². The maximum atomic E-state index is 13.5. The molecular weight excluding hydrogens is 550 g/mol. The number of carbonyl (C=O) groups is 3. The normalized spacial score (nSPS) is 20.2. The summed E-state index contributed by atoms with van der Waals surface area (Å²) in [6, 6.07) is 14.1. The molecule has 11 nitrogen and oxygen atoms in total. The number of carbonyl (C=O) groups excluding carboxylic acids is 3. The third kappa shape index (κ3) is 7.72. The van der Waals surface area contributed by atoms with Gasteiger partial charge in [-0.15, -0.1) is 0 Å². The molecule has 4 bridgehead atoms. The van der Waals surface area contributed by atoms with Gasteiger partial charge in [-0.25, -0.2) is 4.98 Å². The highest BCUT2D eigenvalue weighted by atomic mass is 16.5. The lowest BCUT2D eigenvalue weighted by atomic mass is 9.98. The van der Waals surface area contributed by atoms with Crippen LogP contribution in [-0.4, -0.2) is 73.5 Å². The lowest BCUT2D eigenvalue weighted by molar-refractivity contribution is -0.140. The van der Waals surface area contributed by atoms with Gasteiger partial charge in [0.15, 0.2) is 11.5 Å². The van der Waals surface area contributed by atoms with Crippen molar-refractivity contribution in [3.8, 4) is 23.0 Å². The summed E-state index contributed by atoms with van der Waals surface area (Å²) in [7, 11) is 1.57. The molecule has 0 radical (unpaired) electrons. The maximum absolute atomic E-state index is 13.5. The summed E-state index contributed by atoms with van der Waals surface area (Å²) in [6.07, 6.45) is 2.46. The van der Waals surface area contributed by atoms with Crippen molar-refractivity contribution in [3.63, 3.8) is 0 Å². The Kier molecular flexibility index (Phi) is 9.93. The molecule has 3 heterocycles. The summed E-state index contributed by atoms with van der Waals surface area (Å²) < 4.78 is 17.5. The number of nitrogens with zero attached hydrogens (tertiary/aromatic N) is 2. The standard InChI is InChI=1S/C32H39N5O6/c1-21-26-19-34-30(39)25(16-22-8-4-3-5-9-22)35-29(38)20-37(32(40)24-10-6-13-33-18-24)14-7-15-42-28-17-23(31(36-26)43-21)11-12-27(28)41-2/h3-5,8-9,11-12,17,24-25,33H,6-7,10,13-16,18-20H2,1-2H3,(H,34,39)(H,35,38)/t24-,25+/m0/s1. The molecular formula is C32H39N5O6. The molecule has 2 aliphatic rings. The van der Waals surface area contributed by atoms with Gasteiger partial charge in [-0.05, 0) is 56.5 Å². The molecule has 11 heteroatoms. The van der Waals surface area contributed by atoms with Crippen molar-refractivity contribution in [2.45, 2.75) is 45.2 Å². The number of hydrogen-bond acceptors (Lipinski definition) is 8. The predicted molar refractivity (Wildman–Crippen MR) is 159 cm³/mol. The Hall–Kier alpha value is -4.38. The number of rotatable bonds is 4. The Morgan fingerprint density at radius 2 is 1.98 bits per heavy atom. The monoisotopic (exact) mass is 589 g/mol. The molecule has 1 saturated heterocycles. The van der Waals surface area contributed by atoms with E-state index in [1.807, 2.05) is 36.4 Å². The minimum Gasteiger partial charge on any atom is -0.493 e. The molecule has 2 aromatic carbocycles. The first-order valence-electron chi connectivity index (χ1n) is 14.8. The highest BCUT2D eigenvalue weighted by Crippen LogP contribution is 2.33. The van der Waals surface area contributed by atoms with E-state index in [1.165, 1.54) is 0 Å². The third-order valence-corrected chi connectivity index (χ3v) is 7.79. The van der Waals surface area contributed by atoms with Crippen LogP contribution in [0.2, 0.25) is 0 Å². The lowest BCUT2D eigenvalue weighted by Crippen LogP contribution is -2.52. The quantitative estimate of drug-likeness (QED) is 0.423. The van der Waals surface area contributed by atoms with Crippen molar-refractivity contribution in [1.82, 2.24) is 25.8 Å². The van der Waals surface area contributed by atoms with Gasteiger partial charge in [0.25, 0.3) is 0 Å². The topological polar surface area (TPSA) is 135 Å². The Bertz CT molecular complexity index is 1420. The summed E-state index contributed by atoms with van der Waals surface area (Å²) in [4.78, 5) is 46.6. The largest absolute Gasteiger partial charge is 0.493 e. The highest BCUT2D eigenvalue weighted by Gasteiger charge is 2.29. The van der Waals surface area contributed by atoms with E-state index in [4.69, 9.17) is 13.9 Å². The van der Waals surface area contributed by atoms with Gasteiger partial charge in [0.2, 0.25) is 23.6 Å². The number of aryl methyl sites for hydroxylation is 1. The zero-order valence-electron chi connectivity index (χ0n) is 24.7. The zero-order chi connectivity index (χ0) is 30.2. The number of methoxy groups -OCH3 is 1. The van der Waals surface area contributed by atoms with Crippen LogP contribution in [0.25, 0.3) is 11.5 Å². The van der Waals surface area contributed by atoms with Crippen LogP contribution >= 0.6 is 0 Å². The van der Waals surface area contributed by atoms with Crippen molar-refractivity contribution < 1.29 is 28.3 Å². The fourth-order valence-electron chi connectivity index (χ4n) is 5.43. The van der Waals surface area contributed by atoms with Gasteiger partial charge < -0.3 is 34.7 Å². The number of aromatic nitrogens is 1. The van der Waals surface area contributed by atoms with Gasteiger partial charge >= 0.3 is 0 Å². The van der Waals surface area contributed by atoms with Crippen LogP contribution in [0.1, 0.15) is 36.3 Å². The van der Waals surface area contributed by atoms with Gasteiger partial charge in [-0.3, -0.25) is 14.4 Å². The van der Waals surface area contributed by atoms with E-state index in [2.05, 4.69) is 20.9 Å². The fraction of sp³-hybridized carbons (Fsp3) is 0.438. The molecule has 1 aromatic heterocycles. The minimum absolute atomic E-state index is 0.0745. The summed E-state index contributed by atoms with van der Waals surface area (Å²) in [6.45, 7) is 3.83. The van der Waals surface area contributed by atoms with Crippen molar-refractivity contribution in [3.05, 3.63) is 65.5 Å². The van der Waals surface area contributed by atoms with Crippen LogP contribution in [0.5, 0.6) is 11.5 Å². The average molecular weight is 590 g/mol. The number of ether oxygens (including phenoxy) is 2. The van der Waals surface area contributed by atoms with E-state index in [-0.39, 0.29) is 30.8 Å². The van der Waals surface area contributed by atoms with Crippen LogP contribution in [-0.2, 0) is 27.3 Å². The second-order valence-corrected chi connectivity index (χ2v) is 10.9. The van der Waals surface area contributed by atoms with Crippen LogP contribution < -0.4 is 25.4 Å². The minimum atomic E-state index is -0.846. The zero-order valence-corrected chi connectivity index (χ0v) is 24.7. The van der Waals surface area contributed by atoms with Crippen LogP contribution in [0, 0.1) is 12.8 Å². The van der Waals surface area contributed by atoms with E-state index in [0.717, 1.165) is 24.9 Å². The smallest absolute Gasteiger partial charge is 0.243 e. The van der Waals surface area contributed by atoms with E-state index < -0.39 is 11.9 Å². The van der Waals surface area contributed by atoms with Gasteiger partial charge in [-0.2, -0.15) is 0 Å². The molecule has 228 valence electrons. The SMILES string of the molecule is COc1ccc2cc1OCCCN(C(=O)[C@H]1CCCNC1)CC(=O)N[C@H](Cc1ccccc1)C(=O)NCc1nc-2oc1C. The number of oxazole rings is 1. The second-order valence-electron chi connectivity index (χ2n) is 10.9. The summed E-state index contributed by atoms with van der Waals surface area (Å²) in [5, 5.41) is 9.09. The van der Waals surface area contributed by atoms with Gasteiger partial charge in [0.1, 0.15) is 17.5 Å². The Balaban J connectivity index is 1.43. The molecule has 3 aromatic rings. The first-order chi connectivity index (χ1) is 20.9. The van der Waals surface area contributed by atoms with Gasteiger partial charge in [0, 0.05) is 25.1 Å². The molecule has 1 fully saturated rings. The lowest BCUT2D eigenvalue weighted by Gasteiger charge is -2.30. The summed E-state index contributed by atoms with van der Waals surface area (Å²) >= 11 is 0. The molecule has 0 unspecified atom stereocenters. The number of fused-ring (bicyclic) bond motifs is 5. The van der Waals surface area contributed by atoms with Crippen LogP contribution in [0.4, 0.5) is 0 Å². The predicted octanol–water partition coefficient (Wildman–Crippen LogP) is 2.61. The van der Waals surface area contributed by atoms with E-state index in [1.54, 1.807) is 31.1 Å². The molecule has 3 amide bonds. The van der Waals surface area contributed by atoms with Crippen molar-refractivity contribution in [2.24, 2.45) is 5.92 Å². The van der Waals surface area contributed by atoms with Crippen LogP contribution in [0.3, 0.4) is 0 Å². The Morgan fingerprint density at radius 3 is 2.74 bits per heavy atom.